The van der Waals surface area contributed by atoms with Crippen molar-refractivity contribution in [1.29, 1.82) is 0 Å². The van der Waals surface area contributed by atoms with Crippen molar-refractivity contribution in [2.45, 2.75) is 12.5 Å². The molecule has 2 aromatic carbocycles. The van der Waals surface area contributed by atoms with E-state index in [9.17, 15) is 19.2 Å². The maximum absolute atomic E-state index is 12.8. The van der Waals surface area contributed by atoms with E-state index in [1.165, 1.54) is 12.1 Å². The van der Waals surface area contributed by atoms with Crippen LogP contribution in [-0.4, -0.2) is 48.5 Å². The van der Waals surface area contributed by atoms with Gasteiger partial charge in [-0.15, -0.1) is 0 Å². The highest BCUT2D eigenvalue weighted by Gasteiger charge is 2.49. The molecule has 0 aromatic heterocycles. The highest BCUT2D eigenvalue weighted by Crippen LogP contribution is 2.32. The van der Waals surface area contributed by atoms with Gasteiger partial charge in [-0.2, -0.15) is 0 Å². The molecule has 1 N–H and O–H groups in total. The number of ketones is 1. The Bertz CT molecular complexity index is 1040. The third-order valence-electron chi connectivity index (χ3n) is 4.97. The van der Waals surface area contributed by atoms with Crippen molar-refractivity contribution in [2.75, 3.05) is 19.9 Å². The molecule has 0 spiro atoms. The summed E-state index contributed by atoms with van der Waals surface area (Å²) in [7, 11) is 0. The molecular weight excluding hydrogens is 392 g/mol. The first-order valence-corrected chi connectivity index (χ1v) is 9.16. The van der Waals surface area contributed by atoms with E-state index in [4.69, 9.17) is 14.2 Å². The van der Waals surface area contributed by atoms with E-state index in [2.05, 4.69) is 5.32 Å². The van der Waals surface area contributed by atoms with E-state index in [1.807, 2.05) is 0 Å². The number of urea groups is 1. The molecule has 154 valence electrons. The molecule has 2 aliphatic rings. The second kappa shape index (κ2) is 7.51. The lowest BCUT2D eigenvalue weighted by molar-refractivity contribution is -0.146. The van der Waals surface area contributed by atoms with E-state index in [0.29, 0.717) is 22.6 Å². The molecule has 0 unspecified atom stereocenters. The fraction of sp³-hybridized carbons (Fsp3) is 0.238. The summed E-state index contributed by atoms with van der Waals surface area (Å²) in [4.78, 5) is 50.3. The Morgan fingerprint density at radius 3 is 2.60 bits per heavy atom. The van der Waals surface area contributed by atoms with Crippen LogP contribution in [0.25, 0.3) is 0 Å². The van der Waals surface area contributed by atoms with Gasteiger partial charge in [-0.05, 0) is 30.7 Å². The number of esters is 1. The van der Waals surface area contributed by atoms with Gasteiger partial charge in [0.2, 0.25) is 6.79 Å². The topological polar surface area (TPSA) is 111 Å². The van der Waals surface area contributed by atoms with Crippen LogP contribution in [0.2, 0.25) is 0 Å². The molecule has 0 aliphatic carbocycles. The minimum absolute atomic E-state index is 0.0792. The van der Waals surface area contributed by atoms with Crippen LogP contribution in [0.4, 0.5) is 4.79 Å². The Balaban J connectivity index is 1.36. The number of ether oxygens (including phenoxy) is 3. The molecule has 30 heavy (non-hydrogen) atoms. The number of carbonyl (C=O) groups is 4. The van der Waals surface area contributed by atoms with Crippen molar-refractivity contribution in [3.8, 4) is 11.5 Å². The normalized spacial score (nSPS) is 19.6. The fourth-order valence-corrected chi connectivity index (χ4v) is 3.28. The lowest BCUT2D eigenvalue weighted by atomic mass is 9.92. The lowest BCUT2D eigenvalue weighted by Gasteiger charge is -2.21. The van der Waals surface area contributed by atoms with Gasteiger partial charge in [0.15, 0.2) is 23.9 Å². The largest absolute Gasteiger partial charge is 0.456 e. The molecule has 2 heterocycles. The summed E-state index contributed by atoms with van der Waals surface area (Å²) in [5.41, 5.74) is -0.392. The van der Waals surface area contributed by atoms with Crippen molar-refractivity contribution in [1.82, 2.24) is 10.2 Å². The number of imide groups is 1. The third-order valence-corrected chi connectivity index (χ3v) is 4.97. The number of nitrogens with one attached hydrogen (secondary N) is 1. The number of rotatable bonds is 6. The summed E-state index contributed by atoms with van der Waals surface area (Å²) in [5, 5.41) is 2.60. The first-order valence-electron chi connectivity index (χ1n) is 9.16. The van der Waals surface area contributed by atoms with Gasteiger partial charge in [-0.3, -0.25) is 19.3 Å². The first kappa shape index (κ1) is 19.4. The van der Waals surface area contributed by atoms with Crippen LogP contribution in [0.15, 0.2) is 48.5 Å². The van der Waals surface area contributed by atoms with Gasteiger partial charge in [0, 0.05) is 5.56 Å². The number of nitrogens with zero attached hydrogens (tertiary/aromatic N) is 1. The third kappa shape index (κ3) is 3.45. The van der Waals surface area contributed by atoms with Crippen molar-refractivity contribution in [3.05, 3.63) is 59.7 Å². The predicted octanol–water partition coefficient (Wildman–Crippen LogP) is 1.61. The quantitative estimate of drug-likeness (QED) is 0.437. The summed E-state index contributed by atoms with van der Waals surface area (Å²) in [5.74, 6) is -0.925. The molecule has 9 heteroatoms. The van der Waals surface area contributed by atoms with Crippen LogP contribution < -0.4 is 14.8 Å². The molecule has 1 atom stereocenters. The average Bonchev–Trinajstić information content (AvgIpc) is 3.31. The zero-order valence-corrected chi connectivity index (χ0v) is 16.0. The fourth-order valence-electron chi connectivity index (χ4n) is 3.28. The number of amides is 3. The predicted molar refractivity (Wildman–Crippen MR) is 102 cm³/mol. The van der Waals surface area contributed by atoms with Crippen LogP contribution >= 0.6 is 0 Å². The van der Waals surface area contributed by atoms with Gasteiger partial charge >= 0.3 is 12.0 Å². The number of Topliss-reactive ketones (excluding diaryl/α,β-unsaturated/α-hetero) is 1. The molecule has 1 fully saturated rings. The first-order chi connectivity index (χ1) is 14.4. The van der Waals surface area contributed by atoms with Gasteiger partial charge in [-0.1, -0.05) is 30.3 Å². The Labute approximate surface area is 171 Å². The molecule has 1 saturated heterocycles. The molecular formula is C21H18N2O7. The number of hydrogen-bond acceptors (Lipinski definition) is 7. The molecule has 9 nitrogen and oxygen atoms in total. The smallest absolute Gasteiger partial charge is 0.326 e. The molecule has 0 radical (unpaired) electrons. The number of hydrogen-bond donors (Lipinski definition) is 1. The second-order valence-electron chi connectivity index (χ2n) is 6.96. The van der Waals surface area contributed by atoms with Crippen LogP contribution in [0.1, 0.15) is 22.8 Å². The maximum Gasteiger partial charge on any atom is 0.326 e. The zero-order chi connectivity index (χ0) is 21.3. The summed E-state index contributed by atoms with van der Waals surface area (Å²) in [6, 6.07) is 12.6. The summed E-state index contributed by atoms with van der Waals surface area (Å²) < 4.78 is 15.4. The van der Waals surface area contributed by atoms with E-state index < -0.39 is 42.4 Å². The van der Waals surface area contributed by atoms with E-state index in [0.717, 1.165) is 4.90 Å². The molecule has 3 amide bonds. The van der Waals surface area contributed by atoms with Gasteiger partial charge in [-0.25, -0.2) is 4.79 Å². The summed E-state index contributed by atoms with van der Waals surface area (Å²) in [6.45, 7) is 0.520. The van der Waals surface area contributed by atoms with Gasteiger partial charge < -0.3 is 19.5 Å². The van der Waals surface area contributed by atoms with E-state index in [1.54, 1.807) is 43.3 Å². The zero-order valence-electron chi connectivity index (χ0n) is 16.0. The van der Waals surface area contributed by atoms with Crippen molar-refractivity contribution in [3.63, 3.8) is 0 Å². The Morgan fingerprint density at radius 2 is 1.83 bits per heavy atom. The van der Waals surface area contributed by atoms with Crippen molar-refractivity contribution in [2.24, 2.45) is 0 Å². The Morgan fingerprint density at radius 1 is 1.10 bits per heavy atom. The molecule has 2 aromatic rings. The van der Waals surface area contributed by atoms with Crippen LogP contribution in [0.3, 0.4) is 0 Å². The Kier molecular flexibility index (Phi) is 4.86. The highest BCUT2D eigenvalue weighted by atomic mass is 16.7. The SMILES string of the molecule is C[C@]1(c2ccccc2)NC(=O)N(CC(=O)OCC(=O)c2ccc3c(c2)OCO3)C1=O. The molecule has 2 aliphatic heterocycles. The van der Waals surface area contributed by atoms with Gasteiger partial charge in [0.1, 0.15) is 12.1 Å². The van der Waals surface area contributed by atoms with Crippen molar-refractivity contribution < 1.29 is 33.4 Å². The number of benzene rings is 2. The number of fused-ring (bicyclic) bond motifs is 1. The van der Waals surface area contributed by atoms with Crippen LogP contribution in [-0.2, 0) is 19.9 Å². The van der Waals surface area contributed by atoms with Gasteiger partial charge in [0.25, 0.3) is 5.91 Å². The highest BCUT2D eigenvalue weighted by molar-refractivity contribution is 6.09. The number of carbonyl (C=O) groups excluding carboxylic acids is 4. The van der Waals surface area contributed by atoms with E-state index in [-0.39, 0.29) is 6.79 Å². The Hall–Kier alpha value is -3.88. The summed E-state index contributed by atoms with van der Waals surface area (Å²) in [6.07, 6.45) is 0. The molecule has 4 rings (SSSR count). The lowest BCUT2D eigenvalue weighted by Crippen LogP contribution is -2.41. The monoisotopic (exact) mass is 410 g/mol. The second-order valence-corrected chi connectivity index (χ2v) is 6.96. The summed E-state index contributed by atoms with van der Waals surface area (Å²) >= 11 is 0. The standard InChI is InChI=1S/C21H18N2O7/c1-21(14-5-3-2-4-6-14)19(26)23(20(27)22-21)10-18(25)28-11-15(24)13-7-8-16-17(9-13)30-12-29-16/h2-9H,10-12H2,1H3,(H,22,27)/t21-/m1/s1. The van der Waals surface area contributed by atoms with E-state index >= 15 is 0 Å². The van der Waals surface area contributed by atoms with Gasteiger partial charge in [0.05, 0.1) is 0 Å². The maximum atomic E-state index is 12.8. The van der Waals surface area contributed by atoms with Crippen LogP contribution in [0.5, 0.6) is 11.5 Å². The molecule has 0 saturated carbocycles. The minimum atomic E-state index is -1.28. The average molecular weight is 410 g/mol. The van der Waals surface area contributed by atoms with Crippen molar-refractivity contribution >= 4 is 23.7 Å². The minimum Gasteiger partial charge on any atom is -0.456 e. The van der Waals surface area contributed by atoms with Crippen LogP contribution in [0, 0.1) is 0 Å². The molecule has 0 bridgehead atoms.